The first-order valence-electron chi connectivity index (χ1n) is 11.8. The largest absolute Gasteiger partial charge is 0.436 e. The van der Waals surface area contributed by atoms with E-state index in [0.717, 1.165) is 13.3 Å². The van der Waals surface area contributed by atoms with Gasteiger partial charge in [-0.15, -0.1) is 10.2 Å². The van der Waals surface area contributed by atoms with Gasteiger partial charge in [-0.3, -0.25) is 4.79 Å². The molecular weight excluding hydrogens is 540 g/mol. The number of ether oxygens (including phenoxy) is 1. The van der Waals surface area contributed by atoms with Crippen molar-refractivity contribution in [2.75, 3.05) is 11.6 Å². The molecule has 1 fully saturated rings. The maximum absolute atomic E-state index is 15.3. The van der Waals surface area contributed by atoms with Gasteiger partial charge in [0.05, 0.1) is 15.3 Å². The first kappa shape index (κ1) is 28.4. The number of nitrogens with one attached hydrogen (secondary N) is 2. The van der Waals surface area contributed by atoms with E-state index < -0.39 is 55.9 Å². The van der Waals surface area contributed by atoms with Crippen molar-refractivity contribution in [3.63, 3.8) is 0 Å². The molecule has 39 heavy (non-hydrogen) atoms. The molecule has 1 saturated carbocycles. The molecule has 8 nitrogen and oxygen atoms in total. The molecule has 0 bridgehead atoms. The predicted octanol–water partition coefficient (Wildman–Crippen LogP) is 6.01. The fourth-order valence-electron chi connectivity index (χ4n) is 4.43. The lowest BCUT2D eigenvalue weighted by atomic mass is 9.74. The molecule has 208 valence electrons. The van der Waals surface area contributed by atoms with Gasteiger partial charge in [-0.25, -0.2) is 13.4 Å². The average Bonchev–Trinajstić information content (AvgIpc) is 2.81. The topological polar surface area (TPSA) is 125 Å². The van der Waals surface area contributed by atoms with E-state index in [1.165, 1.54) is 43.5 Å². The van der Waals surface area contributed by atoms with Crippen LogP contribution in [0, 0.1) is 31.4 Å². The number of carbonyl (C=O) groups excluding carboxylic acids is 1. The average molecular weight is 567 g/mol. The molecule has 0 saturated heterocycles. The molecule has 1 aliphatic carbocycles. The highest BCUT2D eigenvalue weighted by molar-refractivity contribution is 7.91. The van der Waals surface area contributed by atoms with Crippen LogP contribution in [0.2, 0.25) is 0 Å². The van der Waals surface area contributed by atoms with Gasteiger partial charge in [-0.05, 0) is 75.4 Å². The monoisotopic (exact) mass is 566 g/mol. The van der Waals surface area contributed by atoms with Gasteiger partial charge in [0, 0.05) is 28.0 Å². The van der Waals surface area contributed by atoms with Gasteiger partial charge in [0.15, 0.2) is 5.69 Å². The van der Waals surface area contributed by atoms with Gasteiger partial charge in [0.1, 0.15) is 17.1 Å². The van der Waals surface area contributed by atoms with E-state index in [4.69, 9.17) is 9.52 Å². The van der Waals surface area contributed by atoms with Crippen molar-refractivity contribution in [3.8, 4) is 11.6 Å². The van der Waals surface area contributed by atoms with E-state index in [2.05, 4.69) is 15.5 Å². The van der Waals surface area contributed by atoms with Crippen molar-refractivity contribution < 1.29 is 36.4 Å². The van der Waals surface area contributed by atoms with Crippen molar-refractivity contribution in [2.45, 2.75) is 56.7 Å². The van der Waals surface area contributed by atoms with Crippen molar-refractivity contribution in [1.82, 2.24) is 10.2 Å². The summed E-state index contributed by atoms with van der Waals surface area (Å²) in [5.41, 5.74) is -3.34. The highest BCUT2D eigenvalue weighted by atomic mass is 32.2. The van der Waals surface area contributed by atoms with Gasteiger partial charge in [0.2, 0.25) is 0 Å². The molecule has 4 rings (SSSR count). The minimum Gasteiger partial charge on any atom is -0.436 e. The number of benzene rings is 2. The number of hydrogen-bond donors (Lipinski definition) is 3. The number of aromatic nitrogens is 2. The highest BCUT2D eigenvalue weighted by Gasteiger charge is 2.40. The molecule has 3 N–H and O–H groups in total. The van der Waals surface area contributed by atoms with Crippen molar-refractivity contribution in [2.24, 2.45) is 0 Å². The Morgan fingerprint density at radius 3 is 2.38 bits per heavy atom. The Bertz CT molecular complexity index is 1590. The molecule has 3 aromatic rings. The molecule has 1 heterocycles. The van der Waals surface area contributed by atoms with Crippen LogP contribution < -0.4 is 10.1 Å². The fourth-order valence-corrected chi connectivity index (χ4v) is 5.12. The van der Waals surface area contributed by atoms with Crippen molar-refractivity contribution in [1.29, 1.82) is 4.78 Å². The quantitative estimate of drug-likeness (QED) is 0.314. The lowest BCUT2D eigenvalue weighted by molar-refractivity contribution is -0.142. The smallest absolute Gasteiger partial charge is 0.435 e. The van der Waals surface area contributed by atoms with Gasteiger partial charge in [0.25, 0.3) is 11.8 Å². The standard InChI is InChI=1S/C26H26F4N4O4S/c1-13-11-18(25(36)9-6-10-25)20(27)15(3)21(13)38-24-19(14(2)22(33-34-24)26(28,29)30)23(35)32-16-7-5-8-17(12-16)39(4,31)37/h5,7-8,11-12,31,36H,6,9-10H2,1-4H3,(H,32,35). The zero-order valence-corrected chi connectivity index (χ0v) is 22.3. The molecular formula is C26H26F4N4O4S. The van der Waals surface area contributed by atoms with Crippen LogP contribution in [0.4, 0.5) is 23.2 Å². The Morgan fingerprint density at radius 1 is 1.15 bits per heavy atom. The molecule has 1 amide bonds. The summed E-state index contributed by atoms with van der Waals surface area (Å²) >= 11 is 0. The molecule has 1 aliphatic rings. The Morgan fingerprint density at radius 2 is 1.82 bits per heavy atom. The second-order valence-corrected chi connectivity index (χ2v) is 11.8. The molecule has 0 spiro atoms. The fraction of sp³-hybridized carbons (Fsp3) is 0.346. The molecule has 2 aromatic carbocycles. The van der Waals surface area contributed by atoms with Crippen LogP contribution in [0.1, 0.15) is 57.6 Å². The minimum atomic E-state index is -4.93. The second-order valence-electron chi connectivity index (χ2n) is 9.67. The summed E-state index contributed by atoms with van der Waals surface area (Å²) in [5, 5.41) is 19.9. The maximum atomic E-state index is 15.3. The van der Waals surface area contributed by atoms with Gasteiger partial charge >= 0.3 is 6.18 Å². The number of hydrogen-bond acceptors (Lipinski definition) is 7. The number of anilines is 1. The van der Waals surface area contributed by atoms with Gasteiger partial charge in [-0.2, -0.15) is 13.2 Å². The summed E-state index contributed by atoms with van der Waals surface area (Å²) in [6.45, 7) is 4.00. The Labute approximate surface area is 222 Å². The number of aliphatic hydroxyl groups is 1. The molecule has 1 atom stereocenters. The Balaban J connectivity index is 1.79. The van der Waals surface area contributed by atoms with Crippen LogP contribution in [0.3, 0.4) is 0 Å². The van der Waals surface area contributed by atoms with Crippen LogP contribution in [0.15, 0.2) is 35.2 Å². The third-order valence-corrected chi connectivity index (χ3v) is 7.88. The third-order valence-electron chi connectivity index (χ3n) is 6.73. The predicted molar refractivity (Wildman–Crippen MR) is 135 cm³/mol. The molecule has 1 unspecified atom stereocenters. The summed E-state index contributed by atoms with van der Waals surface area (Å²) < 4.78 is 81.8. The van der Waals surface area contributed by atoms with Crippen LogP contribution >= 0.6 is 0 Å². The number of nitrogens with zero attached hydrogens (tertiary/aromatic N) is 2. The Kier molecular flexibility index (Phi) is 7.19. The van der Waals surface area contributed by atoms with E-state index in [1.54, 1.807) is 6.92 Å². The highest BCUT2D eigenvalue weighted by Crippen LogP contribution is 2.45. The number of halogens is 4. The normalized spacial score (nSPS) is 16.2. The zero-order valence-electron chi connectivity index (χ0n) is 21.5. The molecule has 0 aliphatic heterocycles. The molecule has 0 radical (unpaired) electrons. The van der Waals surface area contributed by atoms with Gasteiger partial charge in [-0.1, -0.05) is 6.07 Å². The first-order valence-corrected chi connectivity index (χ1v) is 13.8. The Hall–Kier alpha value is -3.58. The SMILES string of the molecule is Cc1cc(C2(O)CCC2)c(F)c(C)c1Oc1nnc(C(F)(F)F)c(C)c1C(=O)Nc1cccc(S(C)(=N)=O)c1. The summed E-state index contributed by atoms with van der Waals surface area (Å²) in [7, 11) is -3.13. The second kappa shape index (κ2) is 9.87. The number of rotatable bonds is 6. The maximum Gasteiger partial charge on any atom is 0.435 e. The van der Waals surface area contributed by atoms with Crippen LogP contribution in [0.5, 0.6) is 11.6 Å². The van der Waals surface area contributed by atoms with E-state index in [9.17, 15) is 27.3 Å². The van der Waals surface area contributed by atoms with Gasteiger partial charge < -0.3 is 15.2 Å². The summed E-state index contributed by atoms with van der Waals surface area (Å²) in [6, 6.07) is 6.96. The summed E-state index contributed by atoms with van der Waals surface area (Å²) in [4.78, 5) is 13.4. The third kappa shape index (κ3) is 5.46. The number of amides is 1. The zero-order chi connectivity index (χ0) is 28.9. The van der Waals surface area contributed by atoms with E-state index in [1.807, 2.05) is 0 Å². The van der Waals surface area contributed by atoms with E-state index in [0.29, 0.717) is 18.4 Å². The van der Waals surface area contributed by atoms with Crippen LogP contribution in [-0.2, 0) is 21.5 Å². The summed E-state index contributed by atoms with van der Waals surface area (Å²) in [5.74, 6) is -2.43. The minimum absolute atomic E-state index is 0.0168. The summed E-state index contributed by atoms with van der Waals surface area (Å²) in [6.07, 6.45) is -2.21. The lowest BCUT2D eigenvalue weighted by Crippen LogP contribution is -2.35. The number of carbonyl (C=O) groups is 1. The number of alkyl halides is 3. The molecule has 1 aromatic heterocycles. The molecule has 13 heteroatoms. The van der Waals surface area contributed by atoms with Crippen LogP contribution in [0.25, 0.3) is 0 Å². The lowest BCUT2D eigenvalue weighted by Gasteiger charge is -2.38. The van der Waals surface area contributed by atoms with E-state index in [-0.39, 0.29) is 27.5 Å². The van der Waals surface area contributed by atoms with Crippen LogP contribution in [-0.4, -0.2) is 31.7 Å². The number of aryl methyl sites for hydroxylation is 1. The first-order chi connectivity index (χ1) is 18.0. The van der Waals surface area contributed by atoms with E-state index >= 15 is 4.39 Å². The van der Waals surface area contributed by atoms with Crippen molar-refractivity contribution >= 4 is 21.3 Å². The van der Waals surface area contributed by atoms with Crippen molar-refractivity contribution in [3.05, 3.63) is 69.7 Å².